The Morgan fingerprint density at radius 1 is 1.00 bits per heavy atom. The first-order chi connectivity index (χ1) is 13.1. The van der Waals surface area contributed by atoms with Crippen LogP contribution in [-0.2, 0) is 24.8 Å². The van der Waals surface area contributed by atoms with Gasteiger partial charge in [-0.15, -0.1) is 0 Å². The van der Waals surface area contributed by atoms with Gasteiger partial charge in [0.25, 0.3) is 10.2 Å². The van der Waals surface area contributed by atoms with Crippen LogP contribution in [0.25, 0.3) is 0 Å². The highest BCUT2D eigenvalue weighted by Crippen LogP contribution is 2.15. The second kappa shape index (κ2) is 9.31. The van der Waals surface area contributed by atoms with Crippen molar-refractivity contribution in [3.05, 3.63) is 24.3 Å². The van der Waals surface area contributed by atoms with E-state index in [4.69, 9.17) is 0 Å². The minimum atomic E-state index is -3.45. The van der Waals surface area contributed by atoms with Crippen molar-refractivity contribution in [1.82, 2.24) is 13.5 Å². The van der Waals surface area contributed by atoms with E-state index in [9.17, 15) is 21.6 Å². The number of benzene rings is 1. The van der Waals surface area contributed by atoms with Crippen molar-refractivity contribution in [3.8, 4) is 0 Å². The summed E-state index contributed by atoms with van der Waals surface area (Å²) in [6.07, 6.45) is 1.13. The predicted octanol–water partition coefficient (Wildman–Crippen LogP) is 0.233. The molecule has 1 amide bonds. The summed E-state index contributed by atoms with van der Waals surface area (Å²) in [6.45, 7) is 6.26. The van der Waals surface area contributed by atoms with Crippen molar-refractivity contribution in [3.63, 3.8) is 0 Å². The first-order valence-corrected chi connectivity index (χ1v) is 12.4. The zero-order valence-electron chi connectivity index (χ0n) is 16.5. The summed E-state index contributed by atoms with van der Waals surface area (Å²) in [4.78, 5) is 14.3. The summed E-state index contributed by atoms with van der Waals surface area (Å²) in [7, 11) is -6.73. The molecular formula is C17H28N4O5S2. The third kappa shape index (κ3) is 5.74. The maximum atomic E-state index is 12.5. The molecular weight excluding hydrogens is 404 g/mol. The molecule has 1 aromatic carbocycles. The van der Waals surface area contributed by atoms with Crippen LogP contribution < -0.4 is 5.32 Å². The lowest BCUT2D eigenvalue weighted by Gasteiger charge is -2.35. The smallest absolute Gasteiger partial charge is 0.282 e. The Morgan fingerprint density at radius 2 is 1.54 bits per heavy atom. The molecule has 0 spiro atoms. The van der Waals surface area contributed by atoms with Crippen LogP contribution in [0.2, 0.25) is 0 Å². The molecule has 0 aliphatic carbocycles. The highest BCUT2D eigenvalue weighted by Gasteiger charge is 2.31. The molecule has 1 aromatic rings. The van der Waals surface area contributed by atoms with Crippen molar-refractivity contribution in [2.45, 2.75) is 18.7 Å². The first kappa shape index (κ1) is 22.8. The summed E-state index contributed by atoms with van der Waals surface area (Å²) in [5.74, 6) is -0.229. The van der Waals surface area contributed by atoms with E-state index in [1.165, 1.54) is 20.7 Å². The number of nitrogens with zero attached hydrogens (tertiary/aromatic N) is 3. The standard InChI is InChI=1S/C17H28N4O5S2/c1-4-20(5-2)28(25,26)21-12-10-19(11-13-21)14-17(22)18-15-6-8-16(9-7-15)27(3,23)24/h6-9H,4-5,10-14H2,1-3H3,(H,18,22). The van der Waals surface area contributed by atoms with Crippen molar-refractivity contribution in [2.75, 3.05) is 57.4 Å². The molecule has 0 bridgehead atoms. The van der Waals surface area contributed by atoms with E-state index < -0.39 is 20.0 Å². The molecule has 158 valence electrons. The molecule has 0 radical (unpaired) electrons. The van der Waals surface area contributed by atoms with Crippen molar-refractivity contribution in [1.29, 1.82) is 0 Å². The SMILES string of the molecule is CCN(CC)S(=O)(=O)N1CCN(CC(=O)Nc2ccc(S(C)(=O)=O)cc2)CC1. The Labute approximate surface area is 167 Å². The Morgan fingerprint density at radius 3 is 2.00 bits per heavy atom. The van der Waals surface area contributed by atoms with E-state index in [1.807, 2.05) is 18.7 Å². The number of sulfone groups is 1. The third-order valence-electron chi connectivity index (χ3n) is 4.62. The van der Waals surface area contributed by atoms with Gasteiger partial charge < -0.3 is 5.32 Å². The average molecular weight is 433 g/mol. The lowest BCUT2D eigenvalue weighted by atomic mass is 10.3. The van der Waals surface area contributed by atoms with Gasteiger partial charge in [-0.2, -0.15) is 17.0 Å². The van der Waals surface area contributed by atoms with Crippen molar-refractivity contribution >= 4 is 31.6 Å². The van der Waals surface area contributed by atoms with E-state index in [1.54, 1.807) is 12.1 Å². The second-order valence-electron chi connectivity index (χ2n) is 6.61. The quantitative estimate of drug-likeness (QED) is 0.630. The molecule has 0 aromatic heterocycles. The second-order valence-corrected chi connectivity index (χ2v) is 10.6. The number of piperazine rings is 1. The topological polar surface area (TPSA) is 107 Å². The number of anilines is 1. The van der Waals surface area contributed by atoms with E-state index in [2.05, 4.69) is 5.32 Å². The molecule has 1 N–H and O–H groups in total. The Kier molecular flexibility index (Phi) is 7.57. The Balaban J connectivity index is 1.87. The predicted molar refractivity (Wildman–Crippen MR) is 108 cm³/mol. The normalized spacial score (nSPS) is 17.0. The number of hydrogen-bond acceptors (Lipinski definition) is 6. The monoisotopic (exact) mass is 432 g/mol. The molecule has 1 aliphatic heterocycles. The van der Waals surface area contributed by atoms with E-state index in [-0.39, 0.29) is 17.3 Å². The first-order valence-electron chi connectivity index (χ1n) is 9.15. The van der Waals surface area contributed by atoms with Gasteiger partial charge >= 0.3 is 0 Å². The zero-order chi connectivity index (χ0) is 20.9. The molecule has 28 heavy (non-hydrogen) atoms. The molecule has 0 saturated carbocycles. The summed E-state index contributed by atoms with van der Waals surface area (Å²) in [5.41, 5.74) is 0.514. The van der Waals surface area contributed by atoms with E-state index in [0.717, 1.165) is 6.26 Å². The van der Waals surface area contributed by atoms with Crippen LogP contribution in [0, 0.1) is 0 Å². The molecule has 1 heterocycles. The van der Waals surface area contributed by atoms with E-state index in [0.29, 0.717) is 45.0 Å². The van der Waals surface area contributed by atoms with Crippen LogP contribution in [0.3, 0.4) is 0 Å². The molecule has 1 saturated heterocycles. The molecule has 0 unspecified atom stereocenters. The number of hydrogen-bond donors (Lipinski definition) is 1. The molecule has 0 atom stereocenters. The summed E-state index contributed by atoms with van der Waals surface area (Å²) < 4.78 is 50.9. The molecule has 2 rings (SSSR count). The number of amides is 1. The van der Waals surface area contributed by atoms with Crippen LogP contribution >= 0.6 is 0 Å². The van der Waals surface area contributed by atoms with Gasteiger partial charge in [0, 0.05) is 51.2 Å². The lowest BCUT2D eigenvalue weighted by Crippen LogP contribution is -2.54. The van der Waals surface area contributed by atoms with Crippen LogP contribution in [0.15, 0.2) is 29.2 Å². The summed E-state index contributed by atoms with van der Waals surface area (Å²) in [6, 6.07) is 5.98. The molecule has 11 heteroatoms. The largest absolute Gasteiger partial charge is 0.325 e. The van der Waals surface area contributed by atoms with Crippen molar-refractivity contribution in [2.24, 2.45) is 0 Å². The van der Waals surface area contributed by atoms with Gasteiger partial charge in [0.15, 0.2) is 9.84 Å². The van der Waals surface area contributed by atoms with Gasteiger partial charge in [0.05, 0.1) is 11.4 Å². The highest BCUT2D eigenvalue weighted by molar-refractivity contribution is 7.90. The fraction of sp³-hybridized carbons (Fsp3) is 0.588. The fourth-order valence-electron chi connectivity index (χ4n) is 3.02. The number of rotatable bonds is 8. The minimum Gasteiger partial charge on any atom is -0.325 e. The maximum Gasteiger partial charge on any atom is 0.282 e. The van der Waals surface area contributed by atoms with Crippen molar-refractivity contribution < 1.29 is 21.6 Å². The maximum absolute atomic E-state index is 12.5. The van der Waals surface area contributed by atoms with Gasteiger partial charge in [0.1, 0.15) is 0 Å². The van der Waals surface area contributed by atoms with Gasteiger partial charge in [-0.1, -0.05) is 13.8 Å². The molecule has 9 nitrogen and oxygen atoms in total. The summed E-state index contributed by atoms with van der Waals surface area (Å²) in [5, 5.41) is 2.73. The third-order valence-corrected chi connectivity index (χ3v) is 7.94. The lowest BCUT2D eigenvalue weighted by molar-refractivity contribution is -0.117. The zero-order valence-corrected chi connectivity index (χ0v) is 18.1. The van der Waals surface area contributed by atoms with Crippen LogP contribution in [0.5, 0.6) is 0 Å². The average Bonchev–Trinajstić information content (AvgIpc) is 2.62. The number of nitrogens with one attached hydrogen (secondary N) is 1. The van der Waals surface area contributed by atoms with Crippen LogP contribution in [0.4, 0.5) is 5.69 Å². The van der Waals surface area contributed by atoms with Gasteiger partial charge in [-0.05, 0) is 24.3 Å². The fourth-order valence-corrected chi connectivity index (χ4v) is 5.26. The summed E-state index contributed by atoms with van der Waals surface area (Å²) >= 11 is 0. The minimum absolute atomic E-state index is 0.146. The van der Waals surface area contributed by atoms with Crippen LogP contribution in [0.1, 0.15) is 13.8 Å². The van der Waals surface area contributed by atoms with Gasteiger partial charge in [-0.3, -0.25) is 9.69 Å². The highest BCUT2D eigenvalue weighted by atomic mass is 32.2. The number of carbonyl (C=O) groups is 1. The Bertz CT molecular complexity index is 873. The van der Waals surface area contributed by atoms with Gasteiger partial charge in [-0.25, -0.2) is 8.42 Å². The molecule has 1 aliphatic rings. The van der Waals surface area contributed by atoms with Crippen LogP contribution in [-0.4, -0.2) is 88.3 Å². The number of carbonyl (C=O) groups excluding carboxylic acids is 1. The van der Waals surface area contributed by atoms with E-state index >= 15 is 0 Å². The Hall–Kier alpha value is -1.53. The molecule has 1 fully saturated rings. The van der Waals surface area contributed by atoms with Gasteiger partial charge in [0.2, 0.25) is 5.91 Å².